The Labute approximate surface area is 104 Å². The molecule has 2 heterocycles. The number of nitrogens with zero attached hydrogens (tertiary/aromatic N) is 3. The SMILES string of the molecule is CSc1ncc2c(C)cc(=O)n(C(C)C)c2n1. The first-order valence-electron chi connectivity index (χ1n) is 5.47. The normalized spacial score (nSPS) is 11.4. The van der Waals surface area contributed by atoms with Crippen LogP contribution in [0.1, 0.15) is 25.5 Å². The van der Waals surface area contributed by atoms with Crippen LogP contribution in [0.5, 0.6) is 0 Å². The molecule has 90 valence electrons. The lowest BCUT2D eigenvalue weighted by molar-refractivity contribution is 0.592. The number of aromatic nitrogens is 3. The van der Waals surface area contributed by atoms with Crippen LogP contribution < -0.4 is 5.56 Å². The summed E-state index contributed by atoms with van der Waals surface area (Å²) in [6, 6.07) is 1.74. The summed E-state index contributed by atoms with van der Waals surface area (Å²) in [5.74, 6) is 0. The van der Waals surface area contributed by atoms with E-state index in [4.69, 9.17) is 0 Å². The van der Waals surface area contributed by atoms with E-state index in [2.05, 4.69) is 9.97 Å². The van der Waals surface area contributed by atoms with Crippen molar-refractivity contribution in [3.8, 4) is 0 Å². The number of hydrogen-bond donors (Lipinski definition) is 0. The van der Waals surface area contributed by atoms with E-state index in [9.17, 15) is 4.79 Å². The van der Waals surface area contributed by atoms with Crippen LogP contribution in [-0.4, -0.2) is 20.8 Å². The van der Waals surface area contributed by atoms with Crippen LogP contribution in [0.15, 0.2) is 22.2 Å². The predicted molar refractivity (Wildman–Crippen MR) is 70.7 cm³/mol. The highest BCUT2D eigenvalue weighted by Gasteiger charge is 2.11. The average Bonchev–Trinajstić information content (AvgIpc) is 2.27. The quantitative estimate of drug-likeness (QED) is 0.605. The van der Waals surface area contributed by atoms with Crippen molar-refractivity contribution in [2.75, 3.05) is 6.26 Å². The summed E-state index contributed by atoms with van der Waals surface area (Å²) in [6.07, 6.45) is 3.72. The first kappa shape index (κ1) is 12.1. The second kappa shape index (κ2) is 4.49. The van der Waals surface area contributed by atoms with Gasteiger partial charge in [0.25, 0.3) is 5.56 Å². The highest BCUT2D eigenvalue weighted by Crippen LogP contribution is 2.19. The molecular formula is C12H15N3OS. The standard InChI is InChI=1S/C12H15N3OS/c1-7(2)15-10(16)5-8(3)9-6-13-12(17-4)14-11(9)15/h5-7H,1-4H3. The predicted octanol–water partition coefficient (Wildman–Crippen LogP) is 2.40. The number of rotatable bonds is 2. The molecule has 0 atom stereocenters. The van der Waals surface area contributed by atoms with Crippen molar-refractivity contribution < 1.29 is 0 Å². The highest BCUT2D eigenvalue weighted by molar-refractivity contribution is 7.98. The molecule has 0 amide bonds. The van der Waals surface area contributed by atoms with Gasteiger partial charge in [-0.3, -0.25) is 9.36 Å². The van der Waals surface area contributed by atoms with Gasteiger partial charge in [0.2, 0.25) is 0 Å². The van der Waals surface area contributed by atoms with E-state index >= 15 is 0 Å². The number of aryl methyl sites for hydroxylation is 1. The van der Waals surface area contributed by atoms with Crippen molar-refractivity contribution >= 4 is 22.8 Å². The van der Waals surface area contributed by atoms with Gasteiger partial charge in [-0.15, -0.1) is 0 Å². The lowest BCUT2D eigenvalue weighted by Crippen LogP contribution is -2.23. The van der Waals surface area contributed by atoms with Crippen LogP contribution in [0.2, 0.25) is 0 Å². The van der Waals surface area contributed by atoms with Gasteiger partial charge in [0.15, 0.2) is 5.16 Å². The van der Waals surface area contributed by atoms with E-state index < -0.39 is 0 Å². The maximum absolute atomic E-state index is 12.0. The lowest BCUT2D eigenvalue weighted by atomic mass is 10.2. The fourth-order valence-corrected chi connectivity index (χ4v) is 2.19. The molecule has 2 aromatic heterocycles. The Kier molecular flexibility index (Phi) is 3.19. The fraction of sp³-hybridized carbons (Fsp3) is 0.417. The van der Waals surface area contributed by atoms with Crippen LogP contribution in [0.4, 0.5) is 0 Å². The molecule has 0 N–H and O–H groups in total. The van der Waals surface area contributed by atoms with Crippen molar-refractivity contribution in [1.82, 2.24) is 14.5 Å². The Morgan fingerprint density at radius 3 is 2.71 bits per heavy atom. The summed E-state index contributed by atoms with van der Waals surface area (Å²) < 4.78 is 1.71. The molecule has 0 unspecified atom stereocenters. The first-order chi connectivity index (χ1) is 8.04. The molecule has 4 nitrogen and oxygen atoms in total. The molecule has 0 bridgehead atoms. The Morgan fingerprint density at radius 2 is 2.12 bits per heavy atom. The number of hydrogen-bond acceptors (Lipinski definition) is 4. The Morgan fingerprint density at radius 1 is 1.41 bits per heavy atom. The van der Waals surface area contributed by atoms with Crippen LogP contribution in [0.3, 0.4) is 0 Å². The molecule has 17 heavy (non-hydrogen) atoms. The number of pyridine rings is 1. The molecule has 0 radical (unpaired) electrons. The third-order valence-corrected chi connectivity index (χ3v) is 3.24. The van der Waals surface area contributed by atoms with Gasteiger partial charge in [-0.25, -0.2) is 9.97 Å². The van der Waals surface area contributed by atoms with E-state index in [1.807, 2.05) is 27.0 Å². The van der Waals surface area contributed by atoms with E-state index in [1.54, 1.807) is 16.8 Å². The summed E-state index contributed by atoms with van der Waals surface area (Å²) in [5.41, 5.74) is 1.65. The molecule has 2 aromatic rings. The van der Waals surface area contributed by atoms with E-state index in [0.717, 1.165) is 16.6 Å². The molecular weight excluding hydrogens is 234 g/mol. The third-order valence-electron chi connectivity index (χ3n) is 2.68. The molecule has 0 aliphatic heterocycles. The van der Waals surface area contributed by atoms with Gasteiger partial charge in [0.1, 0.15) is 5.65 Å². The monoisotopic (exact) mass is 249 g/mol. The minimum absolute atomic E-state index is 0.00393. The zero-order valence-electron chi connectivity index (χ0n) is 10.4. The minimum atomic E-state index is -0.00393. The summed E-state index contributed by atoms with van der Waals surface area (Å²) in [6.45, 7) is 5.88. The van der Waals surface area contributed by atoms with E-state index in [-0.39, 0.29) is 11.6 Å². The minimum Gasteiger partial charge on any atom is -0.290 e. The fourth-order valence-electron chi connectivity index (χ4n) is 1.85. The van der Waals surface area contributed by atoms with Crippen molar-refractivity contribution in [2.45, 2.75) is 32.0 Å². The van der Waals surface area contributed by atoms with Crippen LogP contribution in [0.25, 0.3) is 11.0 Å². The zero-order chi connectivity index (χ0) is 12.6. The second-order valence-corrected chi connectivity index (χ2v) is 5.00. The van der Waals surface area contributed by atoms with Gasteiger partial charge in [-0.2, -0.15) is 0 Å². The van der Waals surface area contributed by atoms with Gasteiger partial charge in [-0.05, 0) is 32.6 Å². The molecule has 0 fully saturated rings. The van der Waals surface area contributed by atoms with Gasteiger partial charge in [0.05, 0.1) is 0 Å². The molecule has 0 aromatic carbocycles. The molecule has 0 aliphatic rings. The van der Waals surface area contributed by atoms with Crippen molar-refractivity contribution in [1.29, 1.82) is 0 Å². The van der Waals surface area contributed by atoms with Crippen molar-refractivity contribution in [2.24, 2.45) is 0 Å². The van der Waals surface area contributed by atoms with Gasteiger partial charge < -0.3 is 0 Å². The average molecular weight is 249 g/mol. The largest absolute Gasteiger partial charge is 0.290 e. The molecule has 5 heteroatoms. The molecule has 0 aliphatic carbocycles. The van der Waals surface area contributed by atoms with Gasteiger partial charge in [0, 0.05) is 23.7 Å². The third kappa shape index (κ3) is 2.07. The van der Waals surface area contributed by atoms with E-state index in [1.165, 1.54) is 11.8 Å². The van der Waals surface area contributed by atoms with Crippen molar-refractivity contribution in [3.63, 3.8) is 0 Å². The van der Waals surface area contributed by atoms with Crippen LogP contribution in [0, 0.1) is 6.92 Å². The Balaban J connectivity index is 2.91. The first-order valence-corrected chi connectivity index (χ1v) is 6.70. The van der Waals surface area contributed by atoms with Gasteiger partial charge >= 0.3 is 0 Å². The van der Waals surface area contributed by atoms with Gasteiger partial charge in [-0.1, -0.05) is 11.8 Å². The summed E-state index contributed by atoms with van der Waals surface area (Å²) >= 11 is 1.48. The topological polar surface area (TPSA) is 47.8 Å². The maximum atomic E-state index is 12.0. The maximum Gasteiger partial charge on any atom is 0.252 e. The lowest BCUT2D eigenvalue weighted by Gasteiger charge is -2.14. The summed E-state index contributed by atoms with van der Waals surface area (Å²) in [7, 11) is 0. The van der Waals surface area contributed by atoms with Crippen molar-refractivity contribution in [3.05, 3.63) is 28.2 Å². The molecule has 2 rings (SSSR count). The molecule has 0 saturated carbocycles. The number of thioether (sulfide) groups is 1. The second-order valence-electron chi connectivity index (χ2n) is 4.22. The van der Waals surface area contributed by atoms with Crippen LogP contribution >= 0.6 is 11.8 Å². The highest BCUT2D eigenvalue weighted by atomic mass is 32.2. The Bertz CT molecular complexity index is 619. The number of fused-ring (bicyclic) bond motifs is 1. The molecule has 0 spiro atoms. The summed E-state index contributed by atoms with van der Waals surface area (Å²) in [4.78, 5) is 20.7. The Hall–Kier alpha value is -1.36. The van der Waals surface area contributed by atoms with E-state index in [0.29, 0.717) is 5.16 Å². The smallest absolute Gasteiger partial charge is 0.252 e. The van der Waals surface area contributed by atoms with Crippen LogP contribution in [-0.2, 0) is 0 Å². The zero-order valence-corrected chi connectivity index (χ0v) is 11.2. The molecule has 0 saturated heterocycles. The summed E-state index contributed by atoms with van der Waals surface area (Å²) in [5, 5.41) is 1.63.